The van der Waals surface area contributed by atoms with Gasteiger partial charge in [0.05, 0.1) is 16.7 Å². The number of rotatable bonds is 9. The predicted octanol–water partition coefficient (Wildman–Crippen LogP) is 3.46. The fourth-order valence-corrected chi connectivity index (χ4v) is 4.80. The fourth-order valence-electron chi connectivity index (χ4n) is 2.71. The first-order chi connectivity index (χ1) is 14.7. The summed E-state index contributed by atoms with van der Waals surface area (Å²) in [4.78, 5) is 12.3. The molecule has 1 aromatic heterocycles. The van der Waals surface area contributed by atoms with Gasteiger partial charge < -0.3 is 10.6 Å². The van der Waals surface area contributed by atoms with Gasteiger partial charge in [-0.1, -0.05) is 54.3 Å². The molecular formula is C20H23N5O3S3. The number of nitrogens with two attached hydrogens (primary N) is 1. The lowest BCUT2D eigenvalue weighted by atomic mass is 10.1. The number of carbonyl (C=O) groups excluding carboxylic acids is 1. The smallest absolute Gasteiger partial charge is 0.238 e. The Morgan fingerprint density at radius 2 is 1.81 bits per heavy atom. The Kier molecular flexibility index (Phi) is 7.65. The van der Waals surface area contributed by atoms with Gasteiger partial charge in [-0.2, -0.15) is 0 Å². The highest BCUT2D eigenvalue weighted by Gasteiger charge is 2.14. The number of carbonyl (C=O) groups is 1. The fraction of sp³-hybridized carbons (Fsp3) is 0.250. The first-order valence-corrected chi connectivity index (χ1v) is 12.8. The van der Waals surface area contributed by atoms with Gasteiger partial charge in [-0.05, 0) is 48.7 Å². The normalized spacial score (nSPS) is 12.4. The van der Waals surface area contributed by atoms with Gasteiger partial charge in [0.2, 0.25) is 21.1 Å². The van der Waals surface area contributed by atoms with Crippen molar-refractivity contribution in [2.45, 2.75) is 35.5 Å². The number of primary sulfonamides is 1. The van der Waals surface area contributed by atoms with Gasteiger partial charge in [-0.3, -0.25) is 4.79 Å². The van der Waals surface area contributed by atoms with Gasteiger partial charge in [-0.15, -0.1) is 10.2 Å². The maximum atomic E-state index is 12.3. The summed E-state index contributed by atoms with van der Waals surface area (Å²) >= 11 is 2.69. The van der Waals surface area contributed by atoms with Crippen molar-refractivity contribution in [3.63, 3.8) is 0 Å². The third-order valence-electron chi connectivity index (χ3n) is 4.43. The van der Waals surface area contributed by atoms with E-state index in [-0.39, 0.29) is 22.6 Å². The summed E-state index contributed by atoms with van der Waals surface area (Å²) in [5, 5.41) is 20.1. The molecule has 4 N–H and O–H groups in total. The molecule has 8 nitrogen and oxygen atoms in total. The van der Waals surface area contributed by atoms with Crippen molar-refractivity contribution in [1.29, 1.82) is 0 Å². The summed E-state index contributed by atoms with van der Waals surface area (Å²) in [5.74, 6) is 0.0345. The Hall–Kier alpha value is -2.47. The highest BCUT2D eigenvalue weighted by Crippen LogP contribution is 2.28. The molecule has 0 aliphatic heterocycles. The van der Waals surface area contributed by atoms with Crippen molar-refractivity contribution >= 4 is 49.8 Å². The summed E-state index contributed by atoms with van der Waals surface area (Å²) in [6.45, 7) is 3.93. The first-order valence-electron chi connectivity index (χ1n) is 9.49. The van der Waals surface area contributed by atoms with Crippen molar-refractivity contribution in [2.75, 3.05) is 11.1 Å². The highest BCUT2D eigenvalue weighted by atomic mass is 32.2. The molecule has 3 rings (SSSR count). The number of hydrogen-bond acceptors (Lipinski definition) is 8. The Morgan fingerprint density at radius 3 is 2.42 bits per heavy atom. The van der Waals surface area contributed by atoms with Crippen molar-refractivity contribution in [3.05, 3.63) is 59.7 Å². The monoisotopic (exact) mass is 477 g/mol. The number of benzene rings is 2. The molecule has 1 unspecified atom stereocenters. The van der Waals surface area contributed by atoms with Crippen LogP contribution in [0, 0.1) is 0 Å². The molecule has 11 heteroatoms. The van der Waals surface area contributed by atoms with Gasteiger partial charge in [0.15, 0.2) is 4.34 Å². The second kappa shape index (κ2) is 10.2. The number of aromatic nitrogens is 2. The molecular weight excluding hydrogens is 454 g/mol. The average molecular weight is 478 g/mol. The molecule has 0 bridgehead atoms. The Bertz CT molecular complexity index is 1130. The van der Waals surface area contributed by atoms with Crippen LogP contribution in [0.5, 0.6) is 0 Å². The molecule has 0 aliphatic carbocycles. The summed E-state index contributed by atoms with van der Waals surface area (Å²) in [5.41, 5.74) is 2.98. The minimum atomic E-state index is -3.74. The van der Waals surface area contributed by atoms with Crippen LogP contribution in [0.2, 0.25) is 0 Å². The lowest BCUT2D eigenvalue weighted by molar-refractivity contribution is -0.119. The molecule has 0 saturated carbocycles. The SMILES string of the molecule is CCc1ccc(Nc2nnc(SCC(=O)NC(C)c3ccc(S(N)(=O)=O)cc3)s2)cc1. The van der Waals surface area contributed by atoms with E-state index in [2.05, 4.69) is 39.9 Å². The molecule has 1 heterocycles. The van der Waals surface area contributed by atoms with Crippen LogP contribution in [0.25, 0.3) is 0 Å². The van der Waals surface area contributed by atoms with Crippen LogP contribution in [-0.4, -0.2) is 30.3 Å². The molecule has 164 valence electrons. The average Bonchev–Trinajstić information content (AvgIpc) is 3.19. The van der Waals surface area contributed by atoms with E-state index in [9.17, 15) is 13.2 Å². The van der Waals surface area contributed by atoms with Crippen LogP contribution in [0.3, 0.4) is 0 Å². The van der Waals surface area contributed by atoms with Crippen LogP contribution in [-0.2, 0) is 21.2 Å². The number of amides is 1. The molecule has 3 aromatic rings. The maximum Gasteiger partial charge on any atom is 0.238 e. The standard InChI is InChI=1S/C20H23N5O3S3/c1-3-14-4-8-16(9-5-14)23-19-24-25-20(30-19)29-12-18(26)22-13(2)15-6-10-17(11-7-15)31(21,27)28/h4-11,13H,3,12H2,1-2H3,(H,22,26)(H,23,24)(H2,21,27,28). The first kappa shape index (κ1) is 23.2. The third kappa shape index (κ3) is 6.76. The second-order valence-corrected chi connectivity index (χ2v) is 10.5. The summed E-state index contributed by atoms with van der Waals surface area (Å²) in [6.07, 6.45) is 0.988. The number of sulfonamides is 1. The molecule has 0 saturated heterocycles. The van der Waals surface area contributed by atoms with E-state index in [0.717, 1.165) is 17.7 Å². The number of nitrogens with zero attached hydrogens (tertiary/aromatic N) is 2. The molecule has 0 spiro atoms. The van der Waals surface area contributed by atoms with Crippen LogP contribution < -0.4 is 15.8 Å². The van der Waals surface area contributed by atoms with Crippen LogP contribution in [0.15, 0.2) is 57.8 Å². The topological polar surface area (TPSA) is 127 Å². The predicted molar refractivity (Wildman–Crippen MR) is 124 cm³/mol. The van der Waals surface area contributed by atoms with Gasteiger partial charge in [0.1, 0.15) is 0 Å². The van der Waals surface area contributed by atoms with Gasteiger partial charge in [0, 0.05) is 5.69 Å². The minimum Gasteiger partial charge on any atom is -0.349 e. The lowest BCUT2D eigenvalue weighted by Crippen LogP contribution is -2.28. The summed E-state index contributed by atoms with van der Waals surface area (Å²) < 4.78 is 23.4. The molecule has 0 fully saturated rings. The zero-order valence-electron chi connectivity index (χ0n) is 17.0. The van der Waals surface area contributed by atoms with Gasteiger partial charge in [0.25, 0.3) is 0 Å². The zero-order valence-corrected chi connectivity index (χ0v) is 19.5. The second-order valence-electron chi connectivity index (χ2n) is 6.74. The Labute approximate surface area is 189 Å². The molecule has 2 aromatic carbocycles. The maximum absolute atomic E-state index is 12.3. The molecule has 1 atom stereocenters. The Balaban J connectivity index is 1.49. The number of anilines is 2. The molecule has 0 aliphatic rings. The van der Waals surface area contributed by atoms with E-state index in [4.69, 9.17) is 5.14 Å². The van der Waals surface area contributed by atoms with Crippen LogP contribution in [0.4, 0.5) is 10.8 Å². The van der Waals surface area contributed by atoms with Crippen molar-refractivity contribution in [2.24, 2.45) is 5.14 Å². The number of nitrogens with one attached hydrogen (secondary N) is 2. The molecule has 0 radical (unpaired) electrons. The zero-order chi connectivity index (χ0) is 22.4. The van der Waals surface area contributed by atoms with Crippen molar-refractivity contribution in [3.8, 4) is 0 Å². The number of aryl methyl sites for hydroxylation is 1. The summed E-state index contributed by atoms with van der Waals surface area (Å²) in [6, 6.07) is 14.0. The van der Waals surface area contributed by atoms with Crippen LogP contribution >= 0.6 is 23.1 Å². The van der Waals surface area contributed by atoms with Crippen molar-refractivity contribution in [1.82, 2.24) is 15.5 Å². The largest absolute Gasteiger partial charge is 0.349 e. The van der Waals surface area contributed by atoms with E-state index in [1.54, 1.807) is 12.1 Å². The third-order valence-corrected chi connectivity index (χ3v) is 7.33. The number of hydrogen-bond donors (Lipinski definition) is 3. The Morgan fingerprint density at radius 1 is 1.13 bits per heavy atom. The van der Waals surface area contributed by atoms with E-state index < -0.39 is 10.0 Å². The van der Waals surface area contributed by atoms with Crippen LogP contribution in [0.1, 0.15) is 31.0 Å². The molecule has 1 amide bonds. The minimum absolute atomic E-state index is 0.0346. The van der Waals surface area contributed by atoms with E-state index >= 15 is 0 Å². The van der Waals surface area contributed by atoms with Crippen molar-refractivity contribution < 1.29 is 13.2 Å². The van der Waals surface area contributed by atoms with Gasteiger partial charge >= 0.3 is 0 Å². The summed E-state index contributed by atoms with van der Waals surface area (Å²) in [7, 11) is -3.74. The van der Waals surface area contributed by atoms with Gasteiger partial charge in [-0.25, -0.2) is 13.6 Å². The van der Waals surface area contributed by atoms with E-state index in [0.29, 0.717) is 9.47 Å². The number of thioether (sulfide) groups is 1. The quantitative estimate of drug-likeness (QED) is 0.403. The molecule has 31 heavy (non-hydrogen) atoms. The lowest BCUT2D eigenvalue weighted by Gasteiger charge is -2.14. The van der Waals surface area contributed by atoms with E-state index in [1.165, 1.54) is 40.8 Å². The van der Waals surface area contributed by atoms with E-state index in [1.807, 2.05) is 19.1 Å². The highest BCUT2D eigenvalue weighted by molar-refractivity contribution is 8.01.